The summed E-state index contributed by atoms with van der Waals surface area (Å²) in [5.74, 6) is 13.3. The third kappa shape index (κ3) is 55.1. The van der Waals surface area contributed by atoms with E-state index >= 15 is 0 Å². The first-order valence-electron chi connectivity index (χ1n) is 44.2. The topological polar surface area (TPSA) is 60.1 Å². The van der Waals surface area contributed by atoms with Crippen molar-refractivity contribution in [3.63, 3.8) is 0 Å². The van der Waals surface area contributed by atoms with Crippen molar-refractivity contribution in [3.05, 3.63) is 0 Å². The van der Waals surface area contributed by atoms with Gasteiger partial charge in [-0.05, 0) is 281 Å². The molecule has 1 atom stereocenters. The van der Waals surface area contributed by atoms with Crippen molar-refractivity contribution in [2.45, 2.75) is 342 Å². The van der Waals surface area contributed by atoms with Gasteiger partial charge in [0.15, 0.2) is 0 Å². The Bertz CT molecular complexity index is 1750. The lowest BCUT2D eigenvalue weighted by Crippen LogP contribution is -2.49. The maximum absolute atomic E-state index is 11.7. The zero-order valence-electron chi connectivity index (χ0n) is 72.5. The molecular formula is C89H186N8O2S. The number of piperazine rings is 2. The van der Waals surface area contributed by atoms with Crippen LogP contribution in [0.1, 0.15) is 337 Å². The van der Waals surface area contributed by atoms with E-state index in [4.69, 9.17) is 0 Å². The van der Waals surface area contributed by atoms with Crippen molar-refractivity contribution < 1.29 is 8.42 Å². The van der Waals surface area contributed by atoms with E-state index in [1.165, 1.54) is 304 Å². The molecule has 3 saturated carbocycles. The second-order valence-corrected chi connectivity index (χ2v) is 40.6. The summed E-state index contributed by atoms with van der Waals surface area (Å²) in [6.07, 6.45) is 48.6. The average molecular weight is 1430 g/mol. The summed E-state index contributed by atoms with van der Waals surface area (Å²) in [6.45, 7) is 61.9. The molecule has 100 heavy (non-hydrogen) atoms. The van der Waals surface area contributed by atoms with Gasteiger partial charge in [0.05, 0.1) is 5.25 Å². The Labute approximate surface area is 631 Å². The Kier molecular flexibility index (Phi) is 58.2. The summed E-state index contributed by atoms with van der Waals surface area (Å²) >= 11 is 0. The van der Waals surface area contributed by atoms with Crippen molar-refractivity contribution >= 4 is 10.0 Å². The predicted molar refractivity (Wildman–Crippen MR) is 448 cm³/mol. The summed E-state index contributed by atoms with van der Waals surface area (Å²) in [4.78, 5) is 17.1. The highest BCUT2D eigenvalue weighted by Gasteiger charge is 2.28. The number of sulfonamides is 1. The molecule has 6 saturated heterocycles. The first-order valence-corrected chi connectivity index (χ1v) is 45.7. The van der Waals surface area contributed by atoms with Gasteiger partial charge in [0.25, 0.3) is 0 Å². The molecule has 10 nitrogen and oxygen atoms in total. The van der Waals surface area contributed by atoms with Crippen LogP contribution in [0.4, 0.5) is 0 Å². The van der Waals surface area contributed by atoms with Gasteiger partial charge in [0.2, 0.25) is 10.0 Å². The van der Waals surface area contributed by atoms with Gasteiger partial charge in [-0.1, -0.05) is 226 Å². The van der Waals surface area contributed by atoms with Crippen LogP contribution in [0, 0.1) is 82.9 Å². The van der Waals surface area contributed by atoms with E-state index in [-0.39, 0.29) is 5.25 Å². The van der Waals surface area contributed by atoms with Gasteiger partial charge in [-0.25, -0.2) is 8.42 Å². The molecule has 9 rings (SSSR count). The van der Waals surface area contributed by atoms with Crippen LogP contribution >= 0.6 is 0 Å². The van der Waals surface area contributed by atoms with Gasteiger partial charge in [0.1, 0.15) is 0 Å². The minimum atomic E-state index is -3.02. The smallest absolute Gasteiger partial charge is 0.216 e. The third-order valence-corrected chi connectivity index (χ3v) is 25.2. The Morgan fingerprint density at radius 1 is 0.230 bits per heavy atom. The molecule has 0 N–H and O–H groups in total. The minimum Gasteiger partial charge on any atom is -0.306 e. The molecule has 11 heteroatoms. The van der Waals surface area contributed by atoms with Gasteiger partial charge in [0, 0.05) is 65.4 Å². The molecule has 6 heterocycles. The molecule has 6 aliphatic heterocycles. The molecule has 0 aromatic rings. The summed E-state index contributed by atoms with van der Waals surface area (Å²) in [5.41, 5.74) is 0. The number of hydrogen-bond acceptors (Lipinski definition) is 9. The SMILES string of the molecule is CC(C)CC1CCCCC1.CC(C)CC1CCCCCC1.CC(C)CC1CCCCCC1.CC(C)CC1CCCN(C)CC1.CC(C)CC1CCN(C)CC1.CC(C)CC1CCN(C)CC1.CC(C)CN1CCCCC1.CC(C)CN1CCN(C)CC1.CC(C)S(=O)(=O)N1CCN(C)CC1. The fraction of sp³-hybridized carbons (Fsp3) is 1.00. The van der Waals surface area contributed by atoms with Gasteiger partial charge in [-0.15, -0.1) is 0 Å². The molecule has 9 aliphatic rings. The molecule has 3 aliphatic carbocycles. The lowest BCUT2D eigenvalue weighted by molar-refractivity contribution is 0.141. The van der Waals surface area contributed by atoms with Crippen molar-refractivity contribution in [2.24, 2.45) is 82.9 Å². The second kappa shape index (κ2) is 59.6. The van der Waals surface area contributed by atoms with Crippen molar-refractivity contribution in [1.29, 1.82) is 0 Å². The van der Waals surface area contributed by atoms with E-state index in [1.54, 1.807) is 18.2 Å². The van der Waals surface area contributed by atoms with E-state index in [1.807, 2.05) is 7.05 Å². The quantitative estimate of drug-likeness (QED) is 0.125. The molecule has 0 aromatic heterocycles. The Morgan fingerprint density at radius 3 is 0.730 bits per heavy atom. The lowest BCUT2D eigenvalue weighted by Gasteiger charge is -2.33. The van der Waals surface area contributed by atoms with Crippen LogP contribution in [0.5, 0.6) is 0 Å². The number of rotatable bonds is 18. The van der Waals surface area contributed by atoms with Crippen LogP contribution in [0.2, 0.25) is 0 Å². The summed E-state index contributed by atoms with van der Waals surface area (Å²) in [7, 11) is 7.90. The number of nitrogens with zero attached hydrogens (tertiary/aromatic N) is 8. The first kappa shape index (κ1) is 97.6. The van der Waals surface area contributed by atoms with Crippen molar-refractivity contribution in [1.82, 2.24) is 38.6 Å². The molecule has 1 unspecified atom stereocenters. The predicted octanol–water partition coefficient (Wildman–Crippen LogP) is 22.1. The summed E-state index contributed by atoms with van der Waals surface area (Å²) in [6, 6.07) is 0. The highest BCUT2D eigenvalue weighted by Crippen LogP contribution is 2.31. The van der Waals surface area contributed by atoms with Gasteiger partial charge >= 0.3 is 0 Å². The maximum Gasteiger partial charge on any atom is 0.216 e. The van der Waals surface area contributed by atoms with E-state index in [0.717, 1.165) is 95.9 Å². The highest BCUT2D eigenvalue weighted by molar-refractivity contribution is 7.89. The van der Waals surface area contributed by atoms with Crippen LogP contribution < -0.4 is 0 Å². The molecule has 0 amide bonds. The summed E-state index contributed by atoms with van der Waals surface area (Å²) in [5, 5.41) is -0.295. The van der Waals surface area contributed by atoms with E-state index in [2.05, 4.69) is 173 Å². The number of piperidine rings is 3. The number of likely N-dealkylation sites (tertiary alicyclic amines) is 4. The minimum absolute atomic E-state index is 0.295. The molecule has 600 valence electrons. The third-order valence-electron chi connectivity index (χ3n) is 23.0. The van der Waals surface area contributed by atoms with Crippen LogP contribution in [0.3, 0.4) is 0 Å². The standard InChI is InChI=1S/C11H23N.2C11H22.2C10H21N.C10H20.C9H20N2.C9H19N.C8H18N2O2S/c1-10(2)9-11-5-4-7-12(3)8-6-11;2*1-10(2)9-11-7-5-3-4-6-8-11;2*1-9(2)8-10-4-6-11(3)7-5-10;1-9(2)8-10-6-4-3-5-7-10;1-9(2)8-11-6-4-10(3)5-7-11;1-9(2)8-10-6-4-3-5-7-10;1-8(2)13(11,12)10-6-4-9(3)5-7-10/h10-11H,4-9H2,1-3H3;2*10-11H,3-9H2,1-2H3;2*9-10H,4-8H2,1-3H3;9-10H,3-8H2,1-2H3;9H,4-8H2,1-3H3;9H,3-8H2,1-2H3;8H,4-7H2,1-3H3. The van der Waals surface area contributed by atoms with Gasteiger partial charge in [-0.2, -0.15) is 4.31 Å². The van der Waals surface area contributed by atoms with Gasteiger partial charge < -0.3 is 34.3 Å². The monoisotopic (exact) mass is 1430 g/mol. The fourth-order valence-electron chi connectivity index (χ4n) is 17.3. The largest absolute Gasteiger partial charge is 0.306 e. The highest BCUT2D eigenvalue weighted by atomic mass is 32.2. The summed E-state index contributed by atoms with van der Waals surface area (Å²) < 4.78 is 25.0. The molecule has 0 radical (unpaired) electrons. The average Bonchev–Trinajstić information content (AvgIpc) is 0.951. The maximum atomic E-state index is 11.7. The Morgan fingerprint density at radius 2 is 0.450 bits per heavy atom. The second-order valence-electron chi connectivity index (χ2n) is 38.1. The lowest BCUT2D eigenvalue weighted by atomic mass is 9.84. The molecule has 0 bridgehead atoms. The van der Waals surface area contributed by atoms with Crippen LogP contribution in [0.15, 0.2) is 0 Å². The van der Waals surface area contributed by atoms with E-state index in [0.29, 0.717) is 13.1 Å². The van der Waals surface area contributed by atoms with Gasteiger partial charge in [-0.3, -0.25) is 0 Å². The number of hydrogen-bond donors (Lipinski definition) is 0. The van der Waals surface area contributed by atoms with Crippen LogP contribution in [0.25, 0.3) is 0 Å². The zero-order chi connectivity index (χ0) is 74.8. The van der Waals surface area contributed by atoms with Crippen molar-refractivity contribution in [2.75, 3.05) is 153 Å². The zero-order valence-corrected chi connectivity index (χ0v) is 73.3. The van der Waals surface area contributed by atoms with Crippen LogP contribution in [-0.2, 0) is 10.0 Å². The Hall–Kier alpha value is -0.370. The Balaban J connectivity index is 0.000000563. The molecular weight excluding hydrogens is 1250 g/mol. The van der Waals surface area contributed by atoms with Crippen molar-refractivity contribution in [3.8, 4) is 0 Å². The molecule has 0 aromatic carbocycles. The number of likely N-dealkylation sites (N-methyl/N-ethyl adjacent to an activating group) is 2. The van der Waals surface area contributed by atoms with Crippen LogP contribution in [-0.4, -0.2) is 205 Å². The normalized spacial score (nSPS) is 23.0. The van der Waals surface area contributed by atoms with E-state index in [9.17, 15) is 8.42 Å². The fourth-order valence-corrected chi connectivity index (χ4v) is 18.6. The first-order chi connectivity index (χ1) is 47.3. The molecule has 0 spiro atoms. The van der Waals surface area contributed by atoms with E-state index < -0.39 is 10.0 Å². The molecule has 9 fully saturated rings.